The molecule has 4 aromatic rings. The number of aromatic nitrogens is 3. The average Bonchev–Trinajstić information content (AvgIpc) is 3.16. The lowest BCUT2D eigenvalue weighted by molar-refractivity contribution is 0.324. The molecule has 28 heavy (non-hydrogen) atoms. The van der Waals surface area contributed by atoms with E-state index in [1.807, 2.05) is 53.2 Å². The Kier molecular flexibility index (Phi) is 4.79. The number of pyridine rings is 2. The Morgan fingerprint density at radius 3 is 2.29 bits per heavy atom. The van der Waals surface area contributed by atoms with Crippen LogP contribution in [0.3, 0.4) is 0 Å². The third-order valence-electron chi connectivity index (χ3n) is 4.54. The molecule has 0 bridgehead atoms. The van der Waals surface area contributed by atoms with E-state index in [4.69, 9.17) is 25.8 Å². The topological polar surface area (TPSA) is 57.9 Å². The van der Waals surface area contributed by atoms with Crippen LogP contribution < -0.4 is 14.2 Å². The van der Waals surface area contributed by atoms with E-state index in [-0.39, 0.29) is 0 Å². The van der Waals surface area contributed by atoms with Gasteiger partial charge in [-0.25, -0.2) is 9.97 Å². The highest BCUT2D eigenvalue weighted by molar-refractivity contribution is 6.32. The number of imidazole rings is 1. The highest BCUT2D eigenvalue weighted by Gasteiger charge is 2.16. The van der Waals surface area contributed by atoms with E-state index in [2.05, 4.69) is 9.97 Å². The summed E-state index contributed by atoms with van der Waals surface area (Å²) < 4.78 is 18.4. The Bertz CT molecular complexity index is 1130. The number of fused-ring (bicyclic) bond motifs is 1. The van der Waals surface area contributed by atoms with Crippen LogP contribution in [0.4, 0.5) is 0 Å². The van der Waals surface area contributed by atoms with Crippen LogP contribution in [-0.4, -0.2) is 35.7 Å². The van der Waals surface area contributed by atoms with Gasteiger partial charge in [0.2, 0.25) is 5.75 Å². The van der Waals surface area contributed by atoms with Gasteiger partial charge in [-0.05, 0) is 36.4 Å². The van der Waals surface area contributed by atoms with Crippen molar-refractivity contribution in [3.05, 3.63) is 60.1 Å². The van der Waals surface area contributed by atoms with Crippen molar-refractivity contribution in [1.82, 2.24) is 14.4 Å². The molecule has 0 saturated carbocycles. The second-order valence-corrected chi connectivity index (χ2v) is 6.40. The molecule has 142 valence electrons. The Labute approximate surface area is 167 Å². The number of nitrogens with zero attached hydrogens (tertiary/aromatic N) is 3. The summed E-state index contributed by atoms with van der Waals surface area (Å²) in [5.74, 6) is 1.71. The lowest BCUT2D eigenvalue weighted by Crippen LogP contribution is -1.97. The Balaban J connectivity index is 1.90. The molecule has 0 saturated heterocycles. The molecule has 0 fully saturated rings. The minimum atomic E-state index is 0.455. The largest absolute Gasteiger partial charge is 0.493 e. The van der Waals surface area contributed by atoms with E-state index >= 15 is 0 Å². The number of benzene rings is 1. The van der Waals surface area contributed by atoms with Crippen molar-refractivity contribution in [1.29, 1.82) is 0 Å². The molecule has 0 aliphatic rings. The van der Waals surface area contributed by atoms with Gasteiger partial charge < -0.3 is 14.2 Å². The number of hydrogen-bond donors (Lipinski definition) is 0. The van der Waals surface area contributed by atoms with E-state index < -0.39 is 0 Å². The quantitative estimate of drug-likeness (QED) is 0.457. The standard InChI is InChI=1S/C21H18ClN3O3/c1-26-17-9-14(10-18(27-2)20(17)28-3)16-11-24-19-7-6-13(12-25(16)19)15-5-4-8-23-21(15)22/h4-12H,1-3H3. The fourth-order valence-electron chi connectivity index (χ4n) is 3.18. The Morgan fingerprint density at radius 1 is 0.893 bits per heavy atom. The third-order valence-corrected chi connectivity index (χ3v) is 4.84. The maximum atomic E-state index is 6.27. The predicted octanol–water partition coefficient (Wildman–Crippen LogP) is 4.74. The van der Waals surface area contributed by atoms with Gasteiger partial charge in [0.1, 0.15) is 10.8 Å². The van der Waals surface area contributed by atoms with Crippen LogP contribution in [-0.2, 0) is 0 Å². The molecule has 0 radical (unpaired) electrons. The molecule has 0 N–H and O–H groups in total. The molecule has 3 aromatic heterocycles. The van der Waals surface area contributed by atoms with Gasteiger partial charge in [0.05, 0.1) is 33.2 Å². The van der Waals surface area contributed by atoms with Gasteiger partial charge in [-0.15, -0.1) is 0 Å². The Hall–Kier alpha value is -3.25. The van der Waals surface area contributed by atoms with Gasteiger partial charge in [0.25, 0.3) is 0 Å². The lowest BCUT2D eigenvalue weighted by atomic mass is 10.1. The zero-order valence-corrected chi connectivity index (χ0v) is 16.4. The highest BCUT2D eigenvalue weighted by Crippen LogP contribution is 2.41. The van der Waals surface area contributed by atoms with Crippen molar-refractivity contribution >= 4 is 17.2 Å². The second kappa shape index (κ2) is 7.40. The number of ether oxygens (including phenoxy) is 3. The normalized spacial score (nSPS) is 10.9. The molecule has 0 atom stereocenters. The first-order chi connectivity index (χ1) is 13.7. The molecule has 1 aromatic carbocycles. The molecule has 0 spiro atoms. The summed E-state index contributed by atoms with van der Waals surface area (Å²) >= 11 is 6.27. The molecule has 4 rings (SSSR count). The number of halogens is 1. The van der Waals surface area contributed by atoms with E-state index in [0.717, 1.165) is 28.0 Å². The van der Waals surface area contributed by atoms with Gasteiger partial charge in [0, 0.05) is 29.1 Å². The van der Waals surface area contributed by atoms with E-state index in [0.29, 0.717) is 22.4 Å². The minimum absolute atomic E-state index is 0.455. The first-order valence-electron chi connectivity index (χ1n) is 8.54. The number of rotatable bonds is 5. The maximum absolute atomic E-state index is 6.27. The summed E-state index contributed by atoms with van der Waals surface area (Å²) in [6.45, 7) is 0. The summed E-state index contributed by atoms with van der Waals surface area (Å²) in [5.41, 5.74) is 4.38. The lowest BCUT2D eigenvalue weighted by Gasteiger charge is -2.14. The van der Waals surface area contributed by atoms with Crippen molar-refractivity contribution in [2.45, 2.75) is 0 Å². The van der Waals surface area contributed by atoms with E-state index in [1.165, 1.54) is 0 Å². The van der Waals surface area contributed by atoms with Gasteiger partial charge in [0.15, 0.2) is 11.5 Å². The smallest absolute Gasteiger partial charge is 0.203 e. The second-order valence-electron chi connectivity index (χ2n) is 6.05. The maximum Gasteiger partial charge on any atom is 0.203 e. The summed E-state index contributed by atoms with van der Waals surface area (Å²) in [4.78, 5) is 8.67. The predicted molar refractivity (Wildman–Crippen MR) is 109 cm³/mol. The Morgan fingerprint density at radius 2 is 1.64 bits per heavy atom. The fourth-order valence-corrected chi connectivity index (χ4v) is 3.41. The average molecular weight is 396 g/mol. The van der Waals surface area contributed by atoms with Gasteiger partial charge in [-0.2, -0.15) is 0 Å². The van der Waals surface area contributed by atoms with Crippen molar-refractivity contribution in [3.63, 3.8) is 0 Å². The van der Waals surface area contributed by atoms with Crippen molar-refractivity contribution in [3.8, 4) is 39.6 Å². The molecular weight excluding hydrogens is 378 g/mol. The van der Waals surface area contributed by atoms with E-state index in [1.54, 1.807) is 27.5 Å². The fraction of sp³-hybridized carbons (Fsp3) is 0.143. The first-order valence-corrected chi connectivity index (χ1v) is 8.92. The van der Waals surface area contributed by atoms with Crippen LogP contribution in [0.25, 0.3) is 28.0 Å². The van der Waals surface area contributed by atoms with Crippen LogP contribution in [0.15, 0.2) is 55.0 Å². The molecule has 6 nitrogen and oxygen atoms in total. The molecule has 7 heteroatoms. The molecule has 0 amide bonds. The van der Waals surface area contributed by atoms with Gasteiger partial charge in [-0.1, -0.05) is 11.6 Å². The third kappa shape index (κ3) is 3.01. The highest BCUT2D eigenvalue weighted by atomic mass is 35.5. The summed E-state index contributed by atoms with van der Waals surface area (Å²) in [6, 6.07) is 11.5. The van der Waals surface area contributed by atoms with Gasteiger partial charge in [-0.3, -0.25) is 4.40 Å². The monoisotopic (exact) mass is 395 g/mol. The van der Waals surface area contributed by atoms with Crippen molar-refractivity contribution < 1.29 is 14.2 Å². The van der Waals surface area contributed by atoms with Crippen molar-refractivity contribution in [2.75, 3.05) is 21.3 Å². The van der Waals surface area contributed by atoms with E-state index in [9.17, 15) is 0 Å². The minimum Gasteiger partial charge on any atom is -0.493 e. The zero-order chi connectivity index (χ0) is 19.7. The van der Waals surface area contributed by atoms with Gasteiger partial charge >= 0.3 is 0 Å². The molecule has 0 aliphatic heterocycles. The van der Waals surface area contributed by atoms with Crippen LogP contribution in [0, 0.1) is 0 Å². The van der Waals surface area contributed by atoms with Crippen LogP contribution in [0.5, 0.6) is 17.2 Å². The summed E-state index contributed by atoms with van der Waals surface area (Å²) in [6.07, 6.45) is 5.47. The molecule has 0 aliphatic carbocycles. The summed E-state index contributed by atoms with van der Waals surface area (Å²) in [7, 11) is 4.77. The first kappa shape index (κ1) is 18.1. The number of methoxy groups -OCH3 is 3. The number of hydrogen-bond acceptors (Lipinski definition) is 5. The van der Waals surface area contributed by atoms with Crippen molar-refractivity contribution in [2.24, 2.45) is 0 Å². The summed E-state index contributed by atoms with van der Waals surface area (Å²) in [5, 5.41) is 0.455. The van der Waals surface area contributed by atoms with Crippen LogP contribution in [0.1, 0.15) is 0 Å². The SMILES string of the molecule is COc1cc(-c2cnc3ccc(-c4cccnc4Cl)cn23)cc(OC)c1OC. The molecule has 0 unspecified atom stereocenters. The zero-order valence-electron chi connectivity index (χ0n) is 15.6. The molecule has 3 heterocycles. The molecular formula is C21H18ClN3O3. The van der Waals surface area contributed by atoms with Crippen LogP contribution in [0.2, 0.25) is 5.15 Å². The van der Waals surface area contributed by atoms with Crippen LogP contribution >= 0.6 is 11.6 Å².